The molecule has 1 fully saturated rings. The van der Waals surface area contributed by atoms with Gasteiger partial charge in [-0.05, 0) is 59.6 Å². The number of ether oxygens (including phenoxy) is 3. The van der Waals surface area contributed by atoms with E-state index in [2.05, 4.69) is 5.10 Å². The Morgan fingerprint density at radius 1 is 1.09 bits per heavy atom. The molecule has 1 atom stereocenters. The van der Waals surface area contributed by atoms with Gasteiger partial charge in [-0.2, -0.15) is 5.10 Å². The summed E-state index contributed by atoms with van der Waals surface area (Å²) in [5, 5.41) is 4.50. The van der Waals surface area contributed by atoms with Crippen LogP contribution in [0, 0.1) is 0 Å². The maximum Gasteiger partial charge on any atom is 0.345 e. The van der Waals surface area contributed by atoms with Crippen LogP contribution < -0.4 is 19.9 Å². The van der Waals surface area contributed by atoms with Crippen molar-refractivity contribution in [3.8, 4) is 17.2 Å². The number of piperidine rings is 1. The summed E-state index contributed by atoms with van der Waals surface area (Å²) in [4.78, 5) is 27.9. The lowest BCUT2D eigenvalue weighted by molar-refractivity contribution is 0.0701. The number of amides is 1. The first-order valence-electron chi connectivity index (χ1n) is 11.8. The summed E-state index contributed by atoms with van der Waals surface area (Å²) in [6.07, 6.45) is 1.72. The van der Waals surface area contributed by atoms with Gasteiger partial charge in [-0.3, -0.25) is 9.36 Å². The molecule has 0 radical (unpaired) electrons. The lowest BCUT2D eigenvalue weighted by Gasteiger charge is -2.33. The van der Waals surface area contributed by atoms with Crippen LogP contribution in [-0.2, 0) is 7.05 Å². The van der Waals surface area contributed by atoms with Gasteiger partial charge in [-0.25, -0.2) is 9.48 Å². The van der Waals surface area contributed by atoms with Crippen molar-refractivity contribution < 1.29 is 19.0 Å². The van der Waals surface area contributed by atoms with E-state index in [1.165, 1.54) is 4.68 Å². The van der Waals surface area contributed by atoms with Gasteiger partial charge in [0.15, 0.2) is 11.5 Å². The molecule has 0 aliphatic carbocycles. The number of aromatic nitrogens is 3. The van der Waals surface area contributed by atoms with E-state index in [4.69, 9.17) is 14.2 Å². The largest absolute Gasteiger partial charge is 0.490 e. The number of rotatable bonds is 9. The highest BCUT2D eigenvalue weighted by atomic mass is 16.5. The Morgan fingerprint density at radius 2 is 1.70 bits per heavy atom. The Morgan fingerprint density at radius 3 is 2.24 bits per heavy atom. The molecule has 182 valence electrons. The first-order chi connectivity index (χ1) is 15.8. The third-order valence-corrected chi connectivity index (χ3v) is 5.73. The van der Waals surface area contributed by atoms with E-state index in [9.17, 15) is 9.59 Å². The van der Waals surface area contributed by atoms with Gasteiger partial charge in [-0.15, -0.1) is 0 Å². The van der Waals surface area contributed by atoms with Crippen molar-refractivity contribution in [3.63, 3.8) is 0 Å². The summed E-state index contributed by atoms with van der Waals surface area (Å²) in [5.41, 5.74) is 0.367. The second-order valence-corrected chi connectivity index (χ2v) is 8.42. The molecule has 1 amide bonds. The van der Waals surface area contributed by atoms with Crippen LogP contribution in [0.2, 0.25) is 0 Å². The monoisotopic (exact) mass is 460 g/mol. The standard InChI is InChI=1S/C24H36N4O5/c1-7-31-19-13-18(14-20(32-8-2)21(19)33-9-3)23(29)27-12-10-11-17(15-27)22-25-26(6)24(30)28(22)16(4)5/h13-14,16-17H,7-12,15H2,1-6H3. The van der Waals surface area contributed by atoms with Gasteiger partial charge in [0, 0.05) is 37.7 Å². The molecule has 2 aromatic rings. The lowest BCUT2D eigenvalue weighted by atomic mass is 9.96. The predicted molar refractivity (Wildman–Crippen MR) is 126 cm³/mol. The Balaban J connectivity index is 1.92. The molecular weight excluding hydrogens is 424 g/mol. The number of hydrogen-bond acceptors (Lipinski definition) is 6. The van der Waals surface area contributed by atoms with Crippen molar-refractivity contribution in [2.24, 2.45) is 7.05 Å². The summed E-state index contributed by atoms with van der Waals surface area (Å²) >= 11 is 0. The van der Waals surface area contributed by atoms with Crippen LogP contribution >= 0.6 is 0 Å². The zero-order valence-electron chi connectivity index (χ0n) is 20.6. The molecule has 0 spiro atoms. The Kier molecular flexibility index (Phi) is 8.05. The van der Waals surface area contributed by atoms with Crippen LogP contribution in [0.4, 0.5) is 0 Å². The summed E-state index contributed by atoms with van der Waals surface area (Å²) in [7, 11) is 1.67. The van der Waals surface area contributed by atoms with Gasteiger partial charge in [0.2, 0.25) is 5.75 Å². The highest BCUT2D eigenvalue weighted by Crippen LogP contribution is 2.40. The minimum absolute atomic E-state index is 0.000535. The minimum atomic E-state index is -0.127. The first-order valence-corrected chi connectivity index (χ1v) is 11.8. The van der Waals surface area contributed by atoms with E-state index >= 15 is 0 Å². The highest BCUT2D eigenvalue weighted by Gasteiger charge is 2.31. The molecule has 1 aliphatic rings. The second-order valence-electron chi connectivity index (χ2n) is 8.42. The number of carbonyl (C=O) groups excluding carboxylic acids is 1. The van der Waals surface area contributed by atoms with E-state index in [-0.39, 0.29) is 23.6 Å². The van der Waals surface area contributed by atoms with Gasteiger partial charge in [0.05, 0.1) is 19.8 Å². The third-order valence-electron chi connectivity index (χ3n) is 5.73. The Hall–Kier alpha value is -2.97. The van der Waals surface area contributed by atoms with Crippen LogP contribution in [0.3, 0.4) is 0 Å². The van der Waals surface area contributed by atoms with Crippen LogP contribution in [0.15, 0.2) is 16.9 Å². The van der Waals surface area contributed by atoms with E-state index in [1.807, 2.05) is 39.5 Å². The number of benzene rings is 1. The molecule has 1 saturated heterocycles. The number of carbonyl (C=O) groups is 1. The smallest absolute Gasteiger partial charge is 0.345 e. The molecule has 0 N–H and O–H groups in total. The maximum absolute atomic E-state index is 13.5. The summed E-state index contributed by atoms with van der Waals surface area (Å²) in [6.45, 7) is 12.1. The number of likely N-dealkylation sites (tertiary alicyclic amines) is 1. The fraction of sp³-hybridized carbons (Fsp3) is 0.625. The van der Waals surface area contributed by atoms with Crippen molar-refractivity contribution >= 4 is 5.91 Å². The van der Waals surface area contributed by atoms with Gasteiger partial charge >= 0.3 is 5.69 Å². The first kappa shape index (κ1) is 24.7. The molecule has 1 aliphatic heterocycles. The average Bonchev–Trinajstić information content (AvgIpc) is 3.10. The highest BCUT2D eigenvalue weighted by molar-refractivity contribution is 5.95. The number of nitrogens with zero attached hydrogens (tertiary/aromatic N) is 4. The molecule has 1 unspecified atom stereocenters. The zero-order chi connectivity index (χ0) is 24.1. The van der Waals surface area contributed by atoms with E-state index < -0.39 is 0 Å². The summed E-state index contributed by atoms with van der Waals surface area (Å²) in [5.74, 6) is 2.16. The zero-order valence-corrected chi connectivity index (χ0v) is 20.6. The normalized spacial score (nSPS) is 16.2. The lowest BCUT2D eigenvalue weighted by Crippen LogP contribution is -2.40. The van der Waals surface area contributed by atoms with Gasteiger partial charge in [-0.1, -0.05) is 0 Å². The minimum Gasteiger partial charge on any atom is -0.490 e. The fourth-order valence-corrected chi connectivity index (χ4v) is 4.33. The molecular formula is C24H36N4O5. The van der Waals surface area contributed by atoms with E-state index in [0.29, 0.717) is 55.7 Å². The van der Waals surface area contributed by atoms with E-state index in [1.54, 1.807) is 23.7 Å². The van der Waals surface area contributed by atoms with Crippen LogP contribution in [-0.4, -0.2) is 58.1 Å². The predicted octanol–water partition coefficient (Wildman–Crippen LogP) is 3.38. The van der Waals surface area contributed by atoms with Crippen molar-refractivity contribution in [2.45, 2.75) is 59.4 Å². The van der Waals surface area contributed by atoms with Crippen molar-refractivity contribution in [3.05, 3.63) is 34.0 Å². The van der Waals surface area contributed by atoms with Crippen LogP contribution in [0.1, 0.15) is 75.6 Å². The Bertz CT molecular complexity index is 999. The number of hydrogen-bond donors (Lipinski definition) is 0. The molecule has 33 heavy (non-hydrogen) atoms. The summed E-state index contributed by atoms with van der Waals surface area (Å²) < 4.78 is 20.4. The van der Waals surface area contributed by atoms with E-state index in [0.717, 1.165) is 18.7 Å². The third kappa shape index (κ3) is 5.17. The second kappa shape index (κ2) is 10.8. The average molecular weight is 461 g/mol. The molecule has 2 heterocycles. The molecule has 1 aromatic heterocycles. The van der Waals surface area contributed by atoms with Gasteiger partial charge in [0.1, 0.15) is 5.82 Å². The van der Waals surface area contributed by atoms with Gasteiger partial charge < -0.3 is 19.1 Å². The Labute approximate surface area is 195 Å². The van der Waals surface area contributed by atoms with Gasteiger partial charge in [0.25, 0.3) is 5.91 Å². The SMILES string of the molecule is CCOc1cc(C(=O)N2CCCC(c3nn(C)c(=O)n3C(C)C)C2)cc(OCC)c1OCC. The van der Waals surface area contributed by atoms with Crippen molar-refractivity contribution in [2.75, 3.05) is 32.9 Å². The molecule has 3 rings (SSSR count). The fourth-order valence-electron chi connectivity index (χ4n) is 4.33. The molecule has 9 nitrogen and oxygen atoms in total. The molecule has 1 aromatic carbocycles. The van der Waals surface area contributed by atoms with Crippen LogP contribution in [0.5, 0.6) is 17.2 Å². The molecule has 0 bridgehead atoms. The van der Waals surface area contributed by atoms with Crippen molar-refractivity contribution in [1.82, 2.24) is 19.2 Å². The molecule has 9 heteroatoms. The summed E-state index contributed by atoms with van der Waals surface area (Å²) in [6, 6.07) is 3.46. The van der Waals surface area contributed by atoms with Crippen molar-refractivity contribution in [1.29, 1.82) is 0 Å². The number of aryl methyl sites for hydroxylation is 1. The maximum atomic E-state index is 13.5. The molecule has 0 saturated carbocycles. The van der Waals surface area contributed by atoms with Crippen LogP contribution in [0.25, 0.3) is 0 Å². The quantitative estimate of drug-likeness (QED) is 0.570. The topological polar surface area (TPSA) is 87.8 Å².